The fourth-order valence-electron chi connectivity index (χ4n) is 1.14. The lowest BCUT2D eigenvalue weighted by Gasteiger charge is -2.05. The highest BCUT2D eigenvalue weighted by molar-refractivity contribution is 7.38. The third-order valence-corrected chi connectivity index (χ3v) is 3.88. The van der Waals surface area contributed by atoms with Gasteiger partial charge in [0.15, 0.2) is 0 Å². The Morgan fingerprint density at radius 2 is 2.29 bits per heavy atom. The molecule has 0 bridgehead atoms. The van der Waals surface area contributed by atoms with Crippen LogP contribution < -0.4 is 0 Å². The summed E-state index contributed by atoms with van der Waals surface area (Å²) < 4.78 is 6.29. The number of esters is 1. The third kappa shape index (κ3) is 1.81. The molecule has 0 saturated heterocycles. The molecule has 0 amide bonds. The van der Waals surface area contributed by atoms with Gasteiger partial charge in [-0.05, 0) is 31.4 Å². The second-order valence-electron chi connectivity index (χ2n) is 3.23. The zero-order chi connectivity index (χ0) is 10.1. The summed E-state index contributed by atoms with van der Waals surface area (Å²) >= 11 is 3.15. The number of carbonyl (C=O) groups excluding carboxylic acids is 1. The Hall–Kier alpha value is -0.870. The zero-order valence-corrected chi connectivity index (χ0v) is 9.58. The van der Waals surface area contributed by atoms with Crippen molar-refractivity contribution in [1.82, 2.24) is 0 Å². The Labute approximate surface area is 90.1 Å². The monoisotopic (exact) mass is 226 g/mol. The number of ether oxygens (including phenoxy) is 1. The van der Waals surface area contributed by atoms with Crippen LogP contribution in [-0.2, 0) is 4.74 Å². The second-order valence-corrected chi connectivity index (χ2v) is 5.45. The predicted octanol–water partition coefficient (Wildman–Crippen LogP) is 3.53. The third-order valence-electron chi connectivity index (χ3n) is 1.69. The van der Waals surface area contributed by atoms with E-state index in [-0.39, 0.29) is 12.1 Å². The topological polar surface area (TPSA) is 26.3 Å². The van der Waals surface area contributed by atoms with E-state index in [1.165, 1.54) is 15.4 Å². The van der Waals surface area contributed by atoms with Crippen molar-refractivity contribution in [3.8, 4) is 0 Å². The van der Waals surface area contributed by atoms with Crippen LogP contribution in [0.1, 0.15) is 23.5 Å². The quantitative estimate of drug-likeness (QED) is 0.732. The molecule has 14 heavy (non-hydrogen) atoms. The fourth-order valence-corrected chi connectivity index (χ4v) is 3.13. The Balaban J connectivity index is 2.26. The van der Waals surface area contributed by atoms with E-state index >= 15 is 0 Å². The molecule has 74 valence electrons. The van der Waals surface area contributed by atoms with Crippen LogP contribution in [-0.4, -0.2) is 12.1 Å². The zero-order valence-electron chi connectivity index (χ0n) is 7.94. The minimum Gasteiger partial charge on any atom is -0.459 e. The number of rotatable bonds is 2. The van der Waals surface area contributed by atoms with Crippen LogP contribution in [0.2, 0.25) is 0 Å². The molecule has 0 N–H and O–H groups in total. The molecule has 0 saturated carbocycles. The summed E-state index contributed by atoms with van der Waals surface area (Å²) in [5.74, 6) is -0.214. The average molecular weight is 226 g/mol. The van der Waals surface area contributed by atoms with Crippen LogP contribution in [0.3, 0.4) is 0 Å². The summed E-state index contributed by atoms with van der Waals surface area (Å²) in [6, 6.07) is 3.91. The first kappa shape index (κ1) is 9.68. The molecule has 0 atom stereocenters. The van der Waals surface area contributed by atoms with Crippen LogP contribution in [0, 0.1) is 0 Å². The molecule has 2 aromatic rings. The highest BCUT2D eigenvalue weighted by atomic mass is 32.2. The maximum Gasteiger partial charge on any atom is 0.348 e. The molecule has 2 nitrogen and oxygen atoms in total. The molecule has 2 heterocycles. The number of carbonyl (C=O) groups is 1. The molecule has 0 unspecified atom stereocenters. The minimum absolute atomic E-state index is 0.0531. The van der Waals surface area contributed by atoms with Crippen molar-refractivity contribution in [2.75, 3.05) is 0 Å². The lowest BCUT2D eigenvalue weighted by Crippen LogP contribution is -2.09. The van der Waals surface area contributed by atoms with Gasteiger partial charge in [0, 0.05) is 5.39 Å². The van der Waals surface area contributed by atoms with Crippen LogP contribution in [0.4, 0.5) is 0 Å². The van der Waals surface area contributed by atoms with Gasteiger partial charge < -0.3 is 4.74 Å². The molecular formula is C10H10O2S2. The molecular weight excluding hydrogens is 216 g/mol. The van der Waals surface area contributed by atoms with Crippen molar-refractivity contribution < 1.29 is 9.53 Å². The molecule has 0 fully saturated rings. The van der Waals surface area contributed by atoms with E-state index in [0.717, 1.165) is 5.39 Å². The average Bonchev–Trinajstić information content (AvgIpc) is 2.58. The lowest BCUT2D eigenvalue weighted by molar-refractivity contribution is 0.0384. The molecule has 2 rings (SSSR count). The van der Waals surface area contributed by atoms with E-state index in [4.69, 9.17) is 4.74 Å². The van der Waals surface area contributed by atoms with Crippen molar-refractivity contribution >= 4 is 38.0 Å². The van der Waals surface area contributed by atoms with Crippen LogP contribution >= 0.6 is 22.7 Å². The van der Waals surface area contributed by atoms with Gasteiger partial charge in [-0.25, -0.2) is 4.79 Å². The maximum absolute atomic E-state index is 11.5. The smallest absolute Gasteiger partial charge is 0.348 e. The Morgan fingerprint density at radius 1 is 1.50 bits per heavy atom. The van der Waals surface area contributed by atoms with E-state index in [1.807, 2.05) is 31.4 Å². The highest BCUT2D eigenvalue weighted by Gasteiger charge is 2.13. The summed E-state index contributed by atoms with van der Waals surface area (Å²) in [5.41, 5.74) is 0. The lowest BCUT2D eigenvalue weighted by atomic mass is 10.3. The van der Waals surface area contributed by atoms with Gasteiger partial charge in [-0.1, -0.05) is 0 Å². The van der Waals surface area contributed by atoms with Gasteiger partial charge in [0.1, 0.15) is 4.88 Å². The van der Waals surface area contributed by atoms with Gasteiger partial charge in [-0.3, -0.25) is 0 Å². The van der Waals surface area contributed by atoms with Crippen LogP contribution in [0.5, 0.6) is 0 Å². The van der Waals surface area contributed by atoms with E-state index in [1.54, 1.807) is 11.3 Å². The van der Waals surface area contributed by atoms with Gasteiger partial charge in [-0.15, -0.1) is 22.7 Å². The van der Waals surface area contributed by atoms with E-state index in [0.29, 0.717) is 4.88 Å². The van der Waals surface area contributed by atoms with Crippen LogP contribution in [0.25, 0.3) is 9.40 Å². The van der Waals surface area contributed by atoms with E-state index in [9.17, 15) is 4.79 Å². The van der Waals surface area contributed by atoms with Crippen molar-refractivity contribution in [3.63, 3.8) is 0 Å². The molecule has 2 aromatic heterocycles. The predicted molar refractivity (Wildman–Crippen MR) is 60.3 cm³/mol. The first-order valence-corrected chi connectivity index (χ1v) is 6.04. The Bertz CT molecular complexity index is 425. The summed E-state index contributed by atoms with van der Waals surface area (Å²) in [6.45, 7) is 3.71. The number of thiophene rings is 2. The molecule has 0 aliphatic heterocycles. The first-order valence-electron chi connectivity index (χ1n) is 4.35. The molecule has 0 aromatic carbocycles. The summed E-state index contributed by atoms with van der Waals surface area (Å²) in [4.78, 5) is 12.2. The largest absolute Gasteiger partial charge is 0.459 e. The molecule has 0 radical (unpaired) electrons. The summed E-state index contributed by atoms with van der Waals surface area (Å²) in [6.07, 6.45) is -0.0531. The molecule has 0 aliphatic rings. The van der Waals surface area contributed by atoms with Crippen molar-refractivity contribution in [3.05, 3.63) is 22.4 Å². The van der Waals surface area contributed by atoms with E-state index < -0.39 is 0 Å². The normalized spacial score (nSPS) is 11.1. The van der Waals surface area contributed by atoms with Gasteiger partial charge in [0.25, 0.3) is 0 Å². The fraction of sp³-hybridized carbons (Fsp3) is 0.300. The highest BCUT2D eigenvalue weighted by Crippen LogP contribution is 2.30. The van der Waals surface area contributed by atoms with E-state index in [2.05, 4.69) is 0 Å². The van der Waals surface area contributed by atoms with Gasteiger partial charge in [-0.2, -0.15) is 0 Å². The number of hydrogen-bond acceptors (Lipinski definition) is 4. The Morgan fingerprint density at radius 3 is 2.93 bits per heavy atom. The maximum atomic E-state index is 11.5. The number of fused-ring (bicyclic) bond motifs is 1. The summed E-state index contributed by atoms with van der Waals surface area (Å²) in [5, 5.41) is 3.16. The van der Waals surface area contributed by atoms with Crippen molar-refractivity contribution in [2.24, 2.45) is 0 Å². The molecule has 0 spiro atoms. The molecule has 0 aliphatic carbocycles. The van der Waals surface area contributed by atoms with Crippen molar-refractivity contribution in [1.29, 1.82) is 0 Å². The summed E-state index contributed by atoms with van der Waals surface area (Å²) in [7, 11) is 0. The van der Waals surface area contributed by atoms with Gasteiger partial charge >= 0.3 is 5.97 Å². The second kappa shape index (κ2) is 3.71. The van der Waals surface area contributed by atoms with Gasteiger partial charge in [0.2, 0.25) is 0 Å². The SMILES string of the molecule is CC(C)OC(=O)c1cc2ccsc2s1. The Kier molecular flexibility index (Phi) is 2.56. The van der Waals surface area contributed by atoms with Crippen molar-refractivity contribution in [2.45, 2.75) is 20.0 Å². The minimum atomic E-state index is -0.214. The molecule has 4 heteroatoms. The van der Waals surface area contributed by atoms with Crippen LogP contribution in [0.15, 0.2) is 17.5 Å². The first-order chi connectivity index (χ1) is 6.66. The number of hydrogen-bond donors (Lipinski definition) is 0. The van der Waals surface area contributed by atoms with Gasteiger partial charge in [0.05, 0.1) is 10.1 Å². The standard InChI is InChI=1S/C10H10O2S2/c1-6(2)12-9(11)8-5-7-3-4-13-10(7)14-8/h3-6H,1-2H3.